The monoisotopic (exact) mass is 234 g/mol. The van der Waals surface area contributed by atoms with Crippen molar-refractivity contribution < 1.29 is 9.53 Å². The van der Waals surface area contributed by atoms with Crippen molar-refractivity contribution >= 4 is 6.47 Å². The second-order valence-corrected chi connectivity index (χ2v) is 4.23. The van der Waals surface area contributed by atoms with Gasteiger partial charge in [0.25, 0.3) is 6.47 Å². The largest absolute Gasteiger partial charge is 0.463 e. The van der Waals surface area contributed by atoms with Crippen LogP contribution in [0.2, 0.25) is 0 Å². The van der Waals surface area contributed by atoms with Gasteiger partial charge in [0.2, 0.25) is 0 Å². The molecule has 3 N–H and O–H groups in total. The molecule has 92 valence electrons. The van der Waals surface area contributed by atoms with Gasteiger partial charge < -0.3 is 15.8 Å². The minimum Gasteiger partial charge on any atom is -0.463 e. The van der Waals surface area contributed by atoms with Crippen LogP contribution >= 0.6 is 0 Å². The van der Waals surface area contributed by atoms with E-state index < -0.39 is 0 Å². The van der Waals surface area contributed by atoms with Gasteiger partial charge in [0, 0.05) is 0 Å². The summed E-state index contributed by atoms with van der Waals surface area (Å²) < 4.78 is 5.16. The minimum absolute atomic E-state index is 0.0636. The molecule has 1 aromatic carbocycles. The Morgan fingerprint density at radius 3 is 3.12 bits per heavy atom. The SMILES string of the molecule is NCCC(OC=O)C1NCCc2ccccc21. The van der Waals surface area contributed by atoms with Gasteiger partial charge >= 0.3 is 0 Å². The van der Waals surface area contributed by atoms with Crippen molar-refractivity contribution in [3.63, 3.8) is 0 Å². The van der Waals surface area contributed by atoms with Crippen molar-refractivity contribution in [2.45, 2.75) is 25.0 Å². The summed E-state index contributed by atoms with van der Waals surface area (Å²) in [5, 5.41) is 3.41. The smallest absolute Gasteiger partial charge is 0.293 e. The predicted octanol–water partition coefficient (Wildman–Crippen LogP) is 0.764. The van der Waals surface area contributed by atoms with Gasteiger partial charge in [-0.1, -0.05) is 24.3 Å². The molecule has 2 atom stereocenters. The Balaban J connectivity index is 2.23. The van der Waals surface area contributed by atoms with E-state index in [-0.39, 0.29) is 12.1 Å². The minimum atomic E-state index is -0.182. The number of hydrogen-bond acceptors (Lipinski definition) is 4. The van der Waals surface area contributed by atoms with Crippen LogP contribution in [-0.4, -0.2) is 25.7 Å². The maximum Gasteiger partial charge on any atom is 0.293 e. The normalized spacial score (nSPS) is 20.4. The number of benzene rings is 1. The van der Waals surface area contributed by atoms with Crippen LogP contribution in [0, 0.1) is 0 Å². The Morgan fingerprint density at radius 2 is 2.35 bits per heavy atom. The number of fused-ring (bicyclic) bond motifs is 1. The van der Waals surface area contributed by atoms with Gasteiger partial charge in [-0.2, -0.15) is 0 Å². The van der Waals surface area contributed by atoms with Gasteiger partial charge in [-0.15, -0.1) is 0 Å². The molecule has 1 aliphatic heterocycles. The van der Waals surface area contributed by atoms with Crippen LogP contribution in [-0.2, 0) is 16.0 Å². The summed E-state index contributed by atoms with van der Waals surface area (Å²) in [6.45, 7) is 1.93. The summed E-state index contributed by atoms with van der Waals surface area (Å²) in [7, 11) is 0. The molecule has 0 spiro atoms. The summed E-state index contributed by atoms with van der Waals surface area (Å²) in [6.07, 6.45) is 1.51. The van der Waals surface area contributed by atoms with E-state index in [1.165, 1.54) is 11.1 Å². The number of hydrogen-bond donors (Lipinski definition) is 2. The molecule has 2 unspecified atom stereocenters. The summed E-state index contributed by atoms with van der Waals surface area (Å²) in [4.78, 5) is 10.6. The quantitative estimate of drug-likeness (QED) is 0.738. The van der Waals surface area contributed by atoms with E-state index in [1.807, 2.05) is 12.1 Å². The molecule has 0 saturated heterocycles. The number of nitrogens with one attached hydrogen (secondary N) is 1. The number of rotatable bonds is 5. The van der Waals surface area contributed by atoms with Crippen molar-refractivity contribution in [3.8, 4) is 0 Å². The first-order chi connectivity index (χ1) is 8.36. The van der Waals surface area contributed by atoms with Gasteiger partial charge in [-0.3, -0.25) is 4.79 Å². The molecule has 0 saturated carbocycles. The fraction of sp³-hybridized carbons (Fsp3) is 0.462. The van der Waals surface area contributed by atoms with Gasteiger partial charge in [0.05, 0.1) is 6.04 Å². The van der Waals surface area contributed by atoms with Crippen LogP contribution in [0.3, 0.4) is 0 Å². The molecule has 0 fully saturated rings. The zero-order chi connectivity index (χ0) is 12.1. The van der Waals surface area contributed by atoms with Gasteiger partial charge in [0.15, 0.2) is 0 Å². The van der Waals surface area contributed by atoms with Crippen molar-refractivity contribution in [2.75, 3.05) is 13.1 Å². The van der Waals surface area contributed by atoms with Crippen LogP contribution in [0.15, 0.2) is 24.3 Å². The zero-order valence-electron chi connectivity index (χ0n) is 9.76. The second kappa shape index (κ2) is 5.80. The Bertz CT molecular complexity index is 381. The molecule has 2 rings (SSSR count). The lowest BCUT2D eigenvalue weighted by molar-refractivity contribution is -0.135. The molecule has 4 nitrogen and oxygen atoms in total. The standard InChI is InChI=1S/C13H18N2O2/c14-7-5-12(17-9-16)13-11-4-2-1-3-10(11)6-8-15-13/h1-4,9,12-13,15H,5-8,14H2. The van der Waals surface area contributed by atoms with E-state index in [9.17, 15) is 4.79 Å². The number of nitrogens with two attached hydrogens (primary N) is 1. The van der Waals surface area contributed by atoms with Crippen molar-refractivity contribution in [1.82, 2.24) is 5.32 Å². The summed E-state index contributed by atoms with van der Waals surface area (Å²) >= 11 is 0. The molecule has 0 bridgehead atoms. The maximum absolute atomic E-state index is 10.6. The molecular weight excluding hydrogens is 216 g/mol. The Morgan fingerprint density at radius 1 is 1.53 bits per heavy atom. The van der Waals surface area contributed by atoms with E-state index in [1.54, 1.807) is 0 Å². The fourth-order valence-corrected chi connectivity index (χ4v) is 2.42. The van der Waals surface area contributed by atoms with E-state index in [0.717, 1.165) is 13.0 Å². The highest BCUT2D eigenvalue weighted by Crippen LogP contribution is 2.27. The fourth-order valence-electron chi connectivity index (χ4n) is 2.42. The average molecular weight is 234 g/mol. The molecule has 1 aromatic rings. The first-order valence-electron chi connectivity index (χ1n) is 5.97. The Labute approximate surface area is 101 Å². The number of carbonyl (C=O) groups excluding carboxylic acids is 1. The predicted molar refractivity (Wildman–Crippen MR) is 65.5 cm³/mol. The Kier molecular flexibility index (Phi) is 4.12. The number of carbonyl (C=O) groups is 1. The molecule has 0 aromatic heterocycles. The van der Waals surface area contributed by atoms with Gasteiger partial charge in [0.1, 0.15) is 6.10 Å². The number of ether oxygens (including phenoxy) is 1. The van der Waals surface area contributed by atoms with E-state index in [2.05, 4.69) is 17.4 Å². The summed E-state index contributed by atoms with van der Waals surface area (Å²) in [5.74, 6) is 0. The third kappa shape index (κ3) is 2.65. The first kappa shape index (κ1) is 12.1. The topological polar surface area (TPSA) is 64.3 Å². The first-order valence-corrected chi connectivity index (χ1v) is 5.97. The lowest BCUT2D eigenvalue weighted by Gasteiger charge is -2.32. The second-order valence-electron chi connectivity index (χ2n) is 4.23. The highest BCUT2D eigenvalue weighted by Gasteiger charge is 2.27. The maximum atomic E-state index is 10.6. The van der Waals surface area contributed by atoms with Crippen molar-refractivity contribution in [3.05, 3.63) is 35.4 Å². The zero-order valence-corrected chi connectivity index (χ0v) is 9.76. The summed E-state index contributed by atoms with van der Waals surface area (Å²) in [5.41, 5.74) is 8.11. The molecule has 0 amide bonds. The average Bonchev–Trinajstić information content (AvgIpc) is 2.38. The molecule has 4 heteroatoms. The molecule has 17 heavy (non-hydrogen) atoms. The van der Waals surface area contributed by atoms with Crippen molar-refractivity contribution in [1.29, 1.82) is 0 Å². The molecule has 0 aliphatic carbocycles. The lowest BCUT2D eigenvalue weighted by Crippen LogP contribution is -2.39. The van der Waals surface area contributed by atoms with Crippen molar-refractivity contribution in [2.24, 2.45) is 5.73 Å². The third-order valence-electron chi connectivity index (χ3n) is 3.20. The molecule has 0 radical (unpaired) electrons. The highest BCUT2D eigenvalue weighted by atomic mass is 16.5. The van der Waals surface area contributed by atoms with E-state index in [0.29, 0.717) is 19.4 Å². The molecule has 1 heterocycles. The van der Waals surface area contributed by atoms with Gasteiger partial charge in [-0.05, 0) is 37.1 Å². The van der Waals surface area contributed by atoms with Crippen LogP contribution in [0.25, 0.3) is 0 Å². The third-order valence-corrected chi connectivity index (χ3v) is 3.20. The van der Waals surface area contributed by atoms with Crippen LogP contribution in [0.4, 0.5) is 0 Å². The van der Waals surface area contributed by atoms with Crippen LogP contribution < -0.4 is 11.1 Å². The van der Waals surface area contributed by atoms with Crippen LogP contribution in [0.1, 0.15) is 23.6 Å². The van der Waals surface area contributed by atoms with E-state index >= 15 is 0 Å². The molecule has 1 aliphatic rings. The van der Waals surface area contributed by atoms with Gasteiger partial charge in [-0.25, -0.2) is 0 Å². The summed E-state index contributed by atoms with van der Waals surface area (Å²) in [6, 6.07) is 8.33. The molecular formula is C13H18N2O2. The van der Waals surface area contributed by atoms with Crippen LogP contribution in [0.5, 0.6) is 0 Å². The highest BCUT2D eigenvalue weighted by molar-refractivity contribution is 5.39. The van der Waals surface area contributed by atoms with E-state index in [4.69, 9.17) is 10.5 Å². The lowest BCUT2D eigenvalue weighted by atomic mass is 9.90. The Hall–Kier alpha value is -1.39.